The summed E-state index contributed by atoms with van der Waals surface area (Å²) in [5.41, 5.74) is 2.68. The van der Waals surface area contributed by atoms with Gasteiger partial charge in [-0.05, 0) is 55.8 Å². The van der Waals surface area contributed by atoms with E-state index >= 15 is 0 Å². The lowest BCUT2D eigenvalue weighted by Crippen LogP contribution is -2.60. The fourth-order valence-corrected chi connectivity index (χ4v) is 7.65. The molecule has 3 fully saturated rings. The van der Waals surface area contributed by atoms with Crippen molar-refractivity contribution in [2.24, 2.45) is 29.6 Å². The maximum Gasteiger partial charge on any atom is 0.238 e. The summed E-state index contributed by atoms with van der Waals surface area (Å²) in [5.74, 6) is -4.86. The van der Waals surface area contributed by atoms with E-state index in [0.717, 1.165) is 21.2 Å². The molecule has 194 valence electrons. The molecule has 2 unspecified atom stereocenters. The average molecular weight is 581 g/mol. The van der Waals surface area contributed by atoms with E-state index in [1.54, 1.807) is 24.3 Å². The Morgan fingerprint density at radius 3 is 1.49 bits per heavy atom. The third kappa shape index (κ3) is 3.13. The van der Waals surface area contributed by atoms with Crippen molar-refractivity contribution in [1.82, 2.24) is 0 Å². The molecule has 7 heteroatoms. The molecule has 6 atom stereocenters. The van der Waals surface area contributed by atoms with Crippen LogP contribution >= 0.6 is 15.9 Å². The Bertz CT molecular complexity index is 1500. The van der Waals surface area contributed by atoms with Gasteiger partial charge < -0.3 is 0 Å². The zero-order valence-corrected chi connectivity index (χ0v) is 23.0. The Kier molecular flexibility index (Phi) is 5.17. The molecule has 1 saturated carbocycles. The number of nitrogens with zero attached hydrogens (tertiary/aromatic N) is 2. The molecule has 39 heavy (non-hydrogen) atoms. The number of amides is 4. The summed E-state index contributed by atoms with van der Waals surface area (Å²) < 4.78 is 0.856. The second kappa shape index (κ2) is 8.33. The van der Waals surface area contributed by atoms with Gasteiger partial charge in [-0.2, -0.15) is 0 Å². The Hall–Kier alpha value is -3.84. The third-order valence-corrected chi connectivity index (χ3v) is 9.61. The zero-order valence-electron chi connectivity index (χ0n) is 21.4. The van der Waals surface area contributed by atoms with Crippen LogP contribution in [0.15, 0.2) is 89.4 Å². The van der Waals surface area contributed by atoms with Gasteiger partial charge in [-0.3, -0.25) is 19.2 Å². The minimum absolute atomic E-state index is 0.308. The molecule has 2 aliphatic heterocycles. The molecule has 0 aromatic heterocycles. The summed E-state index contributed by atoms with van der Waals surface area (Å²) in [4.78, 5) is 59.3. The van der Waals surface area contributed by atoms with Crippen LogP contribution in [0, 0.1) is 43.4 Å². The zero-order chi connectivity index (χ0) is 27.2. The first-order valence-electron chi connectivity index (χ1n) is 13.1. The second-order valence-corrected chi connectivity index (χ2v) is 12.0. The largest absolute Gasteiger partial charge is 0.274 e. The van der Waals surface area contributed by atoms with Crippen molar-refractivity contribution in [1.29, 1.82) is 0 Å². The number of allylic oxidation sites excluding steroid dienone is 2. The molecule has 3 aromatic rings. The highest BCUT2D eigenvalue weighted by Gasteiger charge is 2.75. The van der Waals surface area contributed by atoms with E-state index in [0.29, 0.717) is 11.4 Å². The summed E-state index contributed by atoms with van der Waals surface area (Å²) in [7, 11) is 0. The SMILES string of the molecule is Cc1ccc(N2C(=O)[C@@H]3[C@@H](C2=O)C2C=CC3(c3ccc(Br)cc3)[C@H]3C(=O)N(c4ccc(C)cc4)C(=O)[C@@H]23)cc1. The molecule has 3 aliphatic carbocycles. The van der Waals surface area contributed by atoms with Gasteiger partial charge in [0.25, 0.3) is 0 Å². The summed E-state index contributed by atoms with van der Waals surface area (Å²) in [6.45, 7) is 3.89. The van der Waals surface area contributed by atoms with E-state index in [1.165, 1.54) is 9.80 Å². The molecule has 2 heterocycles. The monoisotopic (exact) mass is 580 g/mol. The summed E-state index contributed by atoms with van der Waals surface area (Å²) >= 11 is 3.49. The third-order valence-electron chi connectivity index (χ3n) is 9.08. The predicted molar refractivity (Wildman–Crippen MR) is 150 cm³/mol. The van der Waals surface area contributed by atoms with Crippen LogP contribution in [0.4, 0.5) is 11.4 Å². The normalized spacial score (nSPS) is 30.8. The molecule has 8 rings (SSSR count). The fraction of sp³-hybridized carbons (Fsp3) is 0.250. The Morgan fingerprint density at radius 1 is 0.615 bits per heavy atom. The Morgan fingerprint density at radius 2 is 1.05 bits per heavy atom. The molecular weight excluding hydrogens is 556 g/mol. The van der Waals surface area contributed by atoms with Gasteiger partial charge in [0.15, 0.2) is 0 Å². The summed E-state index contributed by atoms with van der Waals surface area (Å²) in [5, 5.41) is 0. The first-order valence-corrected chi connectivity index (χ1v) is 13.9. The van der Waals surface area contributed by atoms with Crippen LogP contribution in [-0.4, -0.2) is 23.6 Å². The van der Waals surface area contributed by atoms with Crippen LogP contribution in [0.5, 0.6) is 0 Å². The number of carbonyl (C=O) groups is 4. The van der Waals surface area contributed by atoms with Gasteiger partial charge in [-0.15, -0.1) is 0 Å². The Labute approximate surface area is 234 Å². The number of rotatable bonds is 3. The number of anilines is 2. The second-order valence-electron chi connectivity index (χ2n) is 11.1. The van der Waals surface area contributed by atoms with Gasteiger partial charge in [0.05, 0.1) is 35.0 Å². The molecule has 2 bridgehead atoms. The molecule has 0 radical (unpaired) electrons. The highest BCUT2D eigenvalue weighted by Crippen LogP contribution is 2.65. The maximum absolute atomic E-state index is 14.3. The van der Waals surface area contributed by atoms with E-state index in [1.807, 2.05) is 74.5 Å². The molecule has 6 nitrogen and oxygen atoms in total. The molecule has 5 aliphatic rings. The molecular formula is C32H25BrN2O4. The van der Waals surface area contributed by atoms with Crippen LogP contribution in [0.3, 0.4) is 0 Å². The number of carbonyl (C=O) groups excluding carboxylic acids is 4. The van der Waals surface area contributed by atoms with Crippen molar-refractivity contribution >= 4 is 50.9 Å². The molecule has 0 spiro atoms. The van der Waals surface area contributed by atoms with Crippen LogP contribution in [0.25, 0.3) is 0 Å². The first kappa shape index (κ1) is 24.2. The van der Waals surface area contributed by atoms with Crippen LogP contribution in [-0.2, 0) is 24.6 Å². The van der Waals surface area contributed by atoms with Crippen molar-refractivity contribution in [2.45, 2.75) is 19.3 Å². The van der Waals surface area contributed by atoms with Gasteiger partial charge in [0.2, 0.25) is 23.6 Å². The Balaban J connectivity index is 1.43. The van der Waals surface area contributed by atoms with Crippen LogP contribution in [0.2, 0.25) is 0 Å². The summed E-state index contributed by atoms with van der Waals surface area (Å²) in [6, 6.07) is 22.1. The number of hydrogen-bond donors (Lipinski definition) is 0. The van der Waals surface area contributed by atoms with Crippen molar-refractivity contribution < 1.29 is 19.2 Å². The number of benzene rings is 3. The topological polar surface area (TPSA) is 74.8 Å². The van der Waals surface area contributed by atoms with Gasteiger partial charge in [0, 0.05) is 15.8 Å². The lowest BCUT2D eigenvalue weighted by Gasteiger charge is -2.53. The van der Waals surface area contributed by atoms with Gasteiger partial charge in [0.1, 0.15) is 0 Å². The van der Waals surface area contributed by atoms with Crippen molar-refractivity contribution in [3.05, 3.63) is 106 Å². The van der Waals surface area contributed by atoms with Gasteiger partial charge >= 0.3 is 0 Å². The van der Waals surface area contributed by atoms with E-state index in [9.17, 15) is 19.2 Å². The fourth-order valence-electron chi connectivity index (χ4n) is 7.39. The van der Waals surface area contributed by atoms with Crippen LogP contribution in [0.1, 0.15) is 16.7 Å². The van der Waals surface area contributed by atoms with Crippen molar-refractivity contribution in [3.8, 4) is 0 Å². The van der Waals surface area contributed by atoms with Crippen molar-refractivity contribution in [2.75, 3.05) is 9.80 Å². The van der Waals surface area contributed by atoms with E-state index < -0.39 is 35.0 Å². The van der Waals surface area contributed by atoms with E-state index in [-0.39, 0.29) is 23.6 Å². The minimum Gasteiger partial charge on any atom is -0.274 e. The first-order chi connectivity index (χ1) is 18.7. The molecule has 0 N–H and O–H groups in total. The predicted octanol–water partition coefficient (Wildman–Crippen LogP) is 5.11. The van der Waals surface area contributed by atoms with Crippen molar-refractivity contribution in [3.63, 3.8) is 0 Å². The molecule has 3 aromatic carbocycles. The van der Waals surface area contributed by atoms with Gasteiger partial charge in [-0.25, -0.2) is 9.80 Å². The number of halogens is 1. The number of aryl methyl sites for hydroxylation is 2. The highest BCUT2D eigenvalue weighted by molar-refractivity contribution is 9.10. The summed E-state index contributed by atoms with van der Waals surface area (Å²) in [6.07, 6.45) is 3.86. The van der Waals surface area contributed by atoms with Gasteiger partial charge in [-0.1, -0.05) is 75.6 Å². The number of hydrogen-bond acceptors (Lipinski definition) is 4. The smallest absolute Gasteiger partial charge is 0.238 e. The quantitative estimate of drug-likeness (QED) is 0.318. The van der Waals surface area contributed by atoms with Crippen LogP contribution < -0.4 is 9.80 Å². The highest BCUT2D eigenvalue weighted by atomic mass is 79.9. The maximum atomic E-state index is 14.3. The van der Waals surface area contributed by atoms with E-state index in [2.05, 4.69) is 15.9 Å². The standard InChI is InChI=1S/C32H25BrN2O4/c1-17-3-11-21(12-4-17)34-28(36)24-23-15-16-32(26(24)30(34)38,19-7-9-20(33)10-8-19)27-25(23)29(37)35(31(27)39)22-13-5-18(2)6-14-22/h3-16,23-27H,1-2H3/t23?,24-,25-,26-,27+,32?/m0/s1. The van der Waals surface area contributed by atoms with E-state index in [4.69, 9.17) is 0 Å². The molecule has 2 saturated heterocycles. The lowest BCUT2D eigenvalue weighted by molar-refractivity contribution is -0.140. The number of imide groups is 2. The lowest BCUT2D eigenvalue weighted by atomic mass is 9.45. The molecule has 4 amide bonds. The minimum atomic E-state index is -1.14. The average Bonchev–Trinajstić information content (AvgIpc) is 3.37.